The summed E-state index contributed by atoms with van der Waals surface area (Å²) in [6.07, 6.45) is -4.02. The molecule has 0 spiro atoms. The highest BCUT2D eigenvalue weighted by Gasteiger charge is 2.32. The zero-order valence-corrected chi connectivity index (χ0v) is 8.64. The number of aromatic nitrogens is 1. The molecular formula is C10H11F3N2O. The molecule has 0 aromatic carbocycles. The maximum Gasteiger partial charge on any atom is 0.433 e. The first kappa shape index (κ1) is 12.5. The number of aryl methyl sites for hydroxylation is 2. The van der Waals surface area contributed by atoms with Gasteiger partial charge in [0.1, 0.15) is 5.69 Å². The fourth-order valence-electron chi connectivity index (χ4n) is 1.27. The highest BCUT2D eigenvalue weighted by atomic mass is 19.4. The van der Waals surface area contributed by atoms with Crippen molar-refractivity contribution in [3.05, 3.63) is 29.1 Å². The van der Waals surface area contributed by atoms with E-state index in [0.29, 0.717) is 12.0 Å². The van der Waals surface area contributed by atoms with Crippen molar-refractivity contribution in [2.45, 2.75) is 25.9 Å². The van der Waals surface area contributed by atoms with Gasteiger partial charge < -0.3 is 5.73 Å². The largest absolute Gasteiger partial charge is 0.433 e. The molecule has 1 amide bonds. The standard InChI is InChI=1S/C10H11F3N2O/c1-6-7(3-5-9(14)16)2-4-8(15-6)10(11,12)13/h2,4H,3,5H2,1H3,(H2,14,16). The number of rotatable bonds is 3. The molecule has 3 nitrogen and oxygen atoms in total. The molecule has 0 aliphatic heterocycles. The molecule has 0 saturated heterocycles. The average Bonchev–Trinajstić information content (AvgIpc) is 2.14. The summed E-state index contributed by atoms with van der Waals surface area (Å²) in [6.45, 7) is 1.48. The van der Waals surface area contributed by atoms with Crippen LogP contribution in [0, 0.1) is 6.92 Å². The van der Waals surface area contributed by atoms with E-state index in [4.69, 9.17) is 5.73 Å². The molecule has 0 aliphatic carbocycles. The summed E-state index contributed by atoms with van der Waals surface area (Å²) < 4.78 is 36.8. The molecule has 0 bridgehead atoms. The molecule has 6 heteroatoms. The number of carbonyl (C=O) groups excluding carboxylic acids is 1. The van der Waals surface area contributed by atoms with E-state index >= 15 is 0 Å². The van der Waals surface area contributed by atoms with Crippen molar-refractivity contribution in [3.8, 4) is 0 Å². The van der Waals surface area contributed by atoms with Crippen molar-refractivity contribution < 1.29 is 18.0 Å². The molecular weight excluding hydrogens is 221 g/mol. The predicted octanol–water partition coefficient (Wildman–Crippen LogP) is 1.83. The number of nitrogens with two attached hydrogens (primary N) is 1. The maximum absolute atomic E-state index is 12.3. The van der Waals surface area contributed by atoms with Crippen LogP contribution in [0.25, 0.3) is 0 Å². The highest BCUT2D eigenvalue weighted by Crippen LogP contribution is 2.28. The number of primary amides is 1. The van der Waals surface area contributed by atoms with Gasteiger partial charge in [-0.1, -0.05) is 6.07 Å². The van der Waals surface area contributed by atoms with Crippen LogP contribution in [0.3, 0.4) is 0 Å². The fraction of sp³-hybridized carbons (Fsp3) is 0.400. The van der Waals surface area contributed by atoms with Crippen LogP contribution in [-0.2, 0) is 17.4 Å². The van der Waals surface area contributed by atoms with Gasteiger partial charge >= 0.3 is 6.18 Å². The van der Waals surface area contributed by atoms with E-state index in [9.17, 15) is 18.0 Å². The number of halogens is 3. The molecule has 0 aliphatic rings. The smallest absolute Gasteiger partial charge is 0.370 e. The van der Waals surface area contributed by atoms with Gasteiger partial charge in [0.05, 0.1) is 0 Å². The van der Waals surface area contributed by atoms with Crippen molar-refractivity contribution in [2.24, 2.45) is 5.73 Å². The quantitative estimate of drug-likeness (QED) is 0.864. The van der Waals surface area contributed by atoms with E-state index in [-0.39, 0.29) is 12.1 Å². The number of pyridine rings is 1. The van der Waals surface area contributed by atoms with Crippen LogP contribution in [-0.4, -0.2) is 10.9 Å². The minimum atomic E-state index is -4.44. The second kappa shape index (κ2) is 4.51. The van der Waals surface area contributed by atoms with Crippen LogP contribution in [0.2, 0.25) is 0 Å². The van der Waals surface area contributed by atoms with Gasteiger partial charge in [-0.05, 0) is 25.0 Å². The zero-order valence-electron chi connectivity index (χ0n) is 8.64. The topological polar surface area (TPSA) is 56.0 Å². The Morgan fingerprint density at radius 2 is 2.06 bits per heavy atom. The van der Waals surface area contributed by atoms with Crippen molar-refractivity contribution in [1.82, 2.24) is 4.98 Å². The first-order chi connectivity index (χ1) is 7.30. The van der Waals surface area contributed by atoms with Crippen LogP contribution in [0.4, 0.5) is 13.2 Å². The minimum Gasteiger partial charge on any atom is -0.370 e. The van der Waals surface area contributed by atoms with Crippen LogP contribution in [0.5, 0.6) is 0 Å². The average molecular weight is 232 g/mol. The van der Waals surface area contributed by atoms with Crippen molar-refractivity contribution >= 4 is 5.91 Å². The Bertz CT molecular complexity index is 402. The Hall–Kier alpha value is -1.59. The molecule has 1 aromatic heterocycles. The summed E-state index contributed by atoms with van der Waals surface area (Å²) in [7, 11) is 0. The molecule has 0 unspecified atom stereocenters. The number of alkyl halides is 3. The molecule has 0 saturated carbocycles. The molecule has 1 aromatic rings. The van der Waals surface area contributed by atoms with Gasteiger partial charge in [-0.2, -0.15) is 13.2 Å². The number of amides is 1. The minimum absolute atomic E-state index is 0.105. The zero-order chi connectivity index (χ0) is 12.3. The monoisotopic (exact) mass is 232 g/mol. The van der Waals surface area contributed by atoms with Crippen LogP contribution >= 0.6 is 0 Å². The normalized spacial score (nSPS) is 11.5. The summed E-state index contributed by atoms with van der Waals surface area (Å²) in [5, 5.41) is 0. The lowest BCUT2D eigenvalue weighted by Gasteiger charge is -2.09. The number of hydrogen-bond acceptors (Lipinski definition) is 2. The first-order valence-corrected chi connectivity index (χ1v) is 4.62. The van der Waals surface area contributed by atoms with Gasteiger partial charge in [0.15, 0.2) is 0 Å². The lowest BCUT2D eigenvalue weighted by molar-refractivity contribution is -0.141. The Labute approximate surface area is 90.5 Å². The number of nitrogens with zero attached hydrogens (tertiary/aromatic N) is 1. The maximum atomic E-state index is 12.3. The van der Waals surface area contributed by atoms with Gasteiger partial charge in [0.25, 0.3) is 0 Å². The summed E-state index contributed by atoms with van der Waals surface area (Å²) in [5.41, 5.74) is 4.90. The van der Waals surface area contributed by atoms with E-state index in [1.54, 1.807) is 0 Å². The highest BCUT2D eigenvalue weighted by molar-refractivity contribution is 5.74. The molecule has 1 rings (SSSR count). The third-order valence-corrected chi connectivity index (χ3v) is 2.13. The lowest BCUT2D eigenvalue weighted by atomic mass is 10.1. The van der Waals surface area contributed by atoms with Gasteiger partial charge in [-0.3, -0.25) is 4.79 Å². The second-order valence-corrected chi connectivity index (χ2v) is 3.41. The summed E-state index contributed by atoms with van der Waals surface area (Å²) in [5.74, 6) is -0.487. The number of carbonyl (C=O) groups is 1. The molecule has 0 radical (unpaired) electrons. The van der Waals surface area contributed by atoms with Gasteiger partial charge in [0.2, 0.25) is 5.91 Å². The summed E-state index contributed by atoms with van der Waals surface area (Å²) in [6, 6.07) is 2.23. The van der Waals surface area contributed by atoms with E-state index in [1.165, 1.54) is 13.0 Å². The molecule has 2 N–H and O–H groups in total. The van der Waals surface area contributed by atoms with E-state index in [1.807, 2.05) is 0 Å². The molecule has 0 fully saturated rings. The van der Waals surface area contributed by atoms with E-state index < -0.39 is 17.8 Å². The molecule has 16 heavy (non-hydrogen) atoms. The summed E-state index contributed by atoms with van der Waals surface area (Å²) >= 11 is 0. The fourth-order valence-corrected chi connectivity index (χ4v) is 1.27. The Morgan fingerprint density at radius 1 is 1.44 bits per heavy atom. The number of hydrogen-bond donors (Lipinski definition) is 1. The Kier molecular flexibility index (Phi) is 3.51. The van der Waals surface area contributed by atoms with Crippen LogP contribution in [0.15, 0.2) is 12.1 Å². The van der Waals surface area contributed by atoms with Gasteiger partial charge in [-0.15, -0.1) is 0 Å². The first-order valence-electron chi connectivity index (χ1n) is 4.62. The van der Waals surface area contributed by atoms with Crippen LogP contribution in [0.1, 0.15) is 23.4 Å². The third kappa shape index (κ3) is 3.22. The molecule has 88 valence electrons. The Morgan fingerprint density at radius 3 is 2.50 bits per heavy atom. The van der Waals surface area contributed by atoms with Crippen molar-refractivity contribution in [3.63, 3.8) is 0 Å². The third-order valence-electron chi connectivity index (χ3n) is 2.13. The molecule has 1 heterocycles. The lowest BCUT2D eigenvalue weighted by Crippen LogP contribution is -2.13. The van der Waals surface area contributed by atoms with Crippen molar-refractivity contribution in [2.75, 3.05) is 0 Å². The SMILES string of the molecule is Cc1nc(C(F)(F)F)ccc1CCC(N)=O. The second-order valence-electron chi connectivity index (χ2n) is 3.41. The van der Waals surface area contributed by atoms with Crippen molar-refractivity contribution in [1.29, 1.82) is 0 Å². The van der Waals surface area contributed by atoms with Gasteiger partial charge in [-0.25, -0.2) is 4.98 Å². The molecule has 0 atom stereocenters. The Balaban J connectivity index is 2.88. The van der Waals surface area contributed by atoms with E-state index in [2.05, 4.69) is 4.98 Å². The van der Waals surface area contributed by atoms with E-state index in [0.717, 1.165) is 6.07 Å². The predicted molar refractivity (Wildman–Crippen MR) is 51.5 cm³/mol. The van der Waals surface area contributed by atoms with Gasteiger partial charge in [0, 0.05) is 12.1 Å². The van der Waals surface area contributed by atoms with Crippen LogP contribution < -0.4 is 5.73 Å². The summed E-state index contributed by atoms with van der Waals surface area (Å²) in [4.78, 5) is 14.0.